The summed E-state index contributed by atoms with van der Waals surface area (Å²) in [5.41, 5.74) is 0.522. The van der Waals surface area contributed by atoms with Gasteiger partial charge in [0.15, 0.2) is 0 Å². The summed E-state index contributed by atoms with van der Waals surface area (Å²) >= 11 is 0. The fourth-order valence-corrected chi connectivity index (χ4v) is 3.12. The summed E-state index contributed by atoms with van der Waals surface area (Å²) in [4.78, 5) is 18.7. The summed E-state index contributed by atoms with van der Waals surface area (Å²) in [6.45, 7) is 7.98. The number of hydrogen-bond donors (Lipinski definition) is 1. The van der Waals surface area contributed by atoms with Crippen LogP contribution in [-0.4, -0.2) is 46.1 Å². The molecule has 1 aliphatic heterocycles. The molecule has 0 atom stereocenters. The lowest BCUT2D eigenvalue weighted by Gasteiger charge is -2.31. The van der Waals surface area contributed by atoms with Gasteiger partial charge in [-0.15, -0.1) is 0 Å². The van der Waals surface area contributed by atoms with Crippen molar-refractivity contribution in [1.82, 2.24) is 20.4 Å². The molecule has 2 heterocycles. The number of carbonyl (C=O) groups is 1. The number of piperidine rings is 1. The van der Waals surface area contributed by atoms with Crippen LogP contribution in [0, 0.1) is 5.82 Å². The Bertz CT molecular complexity index is 744. The van der Waals surface area contributed by atoms with Crippen molar-refractivity contribution >= 4 is 5.91 Å². The van der Waals surface area contributed by atoms with Crippen LogP contribution in [0.1, 0.15) is 45.4 Å². The molecular formula is C19H25FN4O2. The second-order valence-corrected chi connectivity index (χ2v) is 7.81. The van der Waals surface area contributed by atoms with Gasteiger partial charge in [-0.2, -0.15) is 4.98 Å². The van der Waals surface area contributed by atoms with E-state index in [9.17, 15) is 9.18 Å². The maximum Gasteiger partial charge on any atom is 0.234 e. The number of nitrogens with one attached hydrogen (secondary N) is 1. The summed E-state index contributed by atoms with van der Waals surface area (Å²) in [6.07, 6.45) is 1.74. The predicted octanol–water partition coefficient (Wildman–Crippen LogP) is 2.97. The molecule has 3 rings (SSSR count). The number of aromatic nitrogens is 2. The predicted molar refractivity (Wildman–Crippen MR) is 96.0 cm³/mol. The molecule has 1 aromatic heterocycles. The van der Waals surface area contributed by atoms with E-state index in [1.54, 1.807) is 12.1 Å². The minimum atomic E-state index is -0.291. The van der Waals surface area contributed by atoms with Crippen LogP contribution in [0.2, 0.25) is 0 Å². The lowest BCUT2D eigenvalue weighted by atomic mass is 9.96. The van der Waals surface area contributed by atoms with Gasteiger partial charge in [0.2, 0.25) is 17.6 Å². The fraction of sp³-hybridized carbons (Fsp3) is 0.526. The van der Waals surface area contributed by atoms with Gasteiger partial charge in [-0.05, 0) is 71.0 Å². The number of rotatable bonds is 4. The monoisotopic (exact) mass is 360 g/mol. The maximum atomic E-state index is 13.0. The molecule has 0 bridgehead atoms. The van der Waals surface area contributed by atoms with Crippen molar-refractivity contribution in [2.45, 2.75) is 45.1 Å². The van der Waals surface area contributed by atoms with Crippen LogP contribution in [0.3, 0.4) is 0 Å². The van der Waals surface area contributed by atoms with E-state index in [4.69, 9.17) is 4.52 Å². The van der Waals surface area contributed by atoms with Gasteiger partial charge in [-0.25, -0.2) is 4.39 Å². The fourth-order valence-electron chi connectivity index (χ4n) is 3.12. The second kappa shape index (κ2) is 7.53. The average Bonchev–Trinajstić information content (AvgIpc) is 3.04. The van der Waals surface area contributed by atoms with E-state index in [0.29, 0.717) is 18.3 Å². The molecule has 6 nitrogen and oxygen atoms in total. The van der Waals surface area contributed by atoms with Crippen molar-refractivity contribution < 1.29 is 13.7 Å². The number of nitrogens with zero attached hydrogens (tertiary/aromatic N) is 3. The zero-order valence-electron chi connectivity index (χ0n) is 15.5. The first-order valence-corrected chi connectivity index (χ1v) is 8.93. The lowest BCUT2D eigenvalue weighted by Crippen LogP contribution is -2.47. The number of likely N-dealkylation sites (tertiary alicyclic amines) is 1. The van der Waals surface area contributed by atoms with Gasteiger partial charge < -0.3 is 9.84 Å². The summed E-state index contributed by atoms with van der Waals surface area (Å²) in [7, 11) is 0. The van der Waals surface area contributed by atoms with Crippen LogP contribution in [0.4, 0.5) is 4.39 Å². The SMILES string of the molecule is CC(C)(C)NC(=O)CN1CCC(c2nc(-c3ccc(F)cc3)no2)CC1. The number of hydrogen-bond acceptors (Lipinski definition) is 5. The Hall–Kier alpha value is -2.28. The minimum absolute atomic E-state index is 0.0485. The zero-order valence-corrected chi connectivity index (χ0v) is 15.5. The maximum absolute atomic E-state index is 13.0. The quantitative estimate of drug-likeness (QED) is 0.908. The third-order valence-corrected chi connectivity index (χ3v) is 4.36. The molecule has 0 unspecified atom stereocenters. The van der Waals surface area contributed by atoms with Crippen LogP contribution >= 0.6 is 0 Å². The van der Waals surface area contributed by atoms with Crippen molar-refractivity contribution in [2.75, 3.05) is 19.6 Å². The van der Waals surface area contributed by atoms with Gasteiger partial charge in [0.1, 0.15) is 5.82 Å². The number of amides is 1. The Morgan fingerprint density at radius 1 is 1.27 bits per heavy atom. The van der Waals surface area contributed by atoms with Crippen LogP contribution in [0.25, 0.3) is 11.4 Å². The van der Waals surface area contributed by atoms with E-state index in [-0.39, 0.29) is 23.2 Å². The molecule has 1 aromatic carbocycles. The van der Waals surface area contributed by atoms with Crippen LogP contribution in [0.15, 0.2) is 28.8 Å². The molecule has 140 valence electrons. The van der Waals surface area contributed by atoms with E-state index in [1.165, 1.54) is 12.1 Å². The number of halogens is 1. The minimum Gasteiger partial charge on any atom is -0.350 e. The van der Waals surface area contributed by atoms with Gasteiger partial charge in [-0.3, -0.25) is 9.69 Å². The highest BCUT2D eigenvalue weighted by atomic mass is 19.1. The number of carbonyl (C=O) groups excluding carboxylic acids is 1. The molecule has 1 saturated heterocycles. The molecular weight excluding hydrogens is 335 g/mol. The van der Waals surface area contributed by atoms with Crippen LogP contribution < -0.4 is 5.32 Å². The average molecular weight is 360 g/mol. The van der Waals surface area contributed by atoms with E-state index < -0.39 is 0 Å². The Kier molecular flexibility index (Phi) is 5.36. The number of benzene rings is 1. The Balaban J connectivity index is 1.54. The van der Waals surface area contributed by atoms with Gasteiger partial charge in [0.25, 0.3) is 0 Å². The first kappa shape index (κ1) is 18.5. The van der Waals surface area contributed by atoms with Crippen molar-refractivity contribution in [3.05, 3.63) is 36.0 Å². The van der Waals surface area contributed by atoms with Crippen molar-refractivity contribution in [3.63, 3.8) is 0 Å². The van der Waals surface area contributed by atoms with Gasteiger partial charge in [0, 0.05) is 17.0 Å². The molecule has 1 N–H and O–H groups in total. The largest absolute Gasteiger partial charge is 0.350 e. The second-order valence-electron chi connectivity index (χ2n) is 7.81. The third-order valence-electron chi connectivity index (χ3n) is 4.36. The van der Waals surface area contributed by atoms with E-state index in [1.807, 2.05) is 20.8 Å². The van der Waals surface area contributed by atoms with Gasteiger partial charge >= 0.3 is 0 Å². The molecule has 2 aromatic rings. The topological polar surface area (TPSA) is 71.3 Å². The molecule has 26 heavy (non-hydrogen) atoms. The molecule has 0 aliphatic carbocycles. The van der Waals surface area contributed by atoms with Crippen LogP contribution in [-0.2, 0) is 4.79 Å². The highest BCUT2D eigenvalue weighted by Gasteiger charge is 2.27. The molecule has 1 aliphatic rings. The summed E-state index contributed by atoms with van der Waals surface area (Å²) < 4.78 is 18.4. The van der Waals surface area contributed by atoms with E-state index in [0.717, 1.165) is 31.5 Å². The Morgan fingerprint density at radius 2 is 1.92 bits per heavy atom. The van der Waals surface area contributed by atoms with Gasteiger partial charge in [0.05, 0.1) is 6.54 Å². The molecule has 0 radical (unpaired) electrons. The summed E-state index contributed by atoms with van der Waals surface area (Å²) in [5, 5.41) is 7.00. The molecule has 0 saturated carbocycles. The normalized spacial score (nSPS) is 16.6. The lowest BCUT2D eigenvalue weighted by molar-refractivity contribution is -0.123. The molecule has 7 heteroatoms. The summed E-state index contributed by atoms with van der Waals surface area (Å²) in [5.74, 6) is 1.04. The Labute approximate surface area is 152 Å². The first-order valence-electron chi connectivity index (χ1n) is 8.93. The zero-order chi connectivity index (χ0) is 18.7. The van der Waals surface area contributed by atoms with Crippen molar-refractivity contribution in [3.8, 4) is 11.4 Å². The molecule has 1 amide bonds. The molecule has 0 spiro atoms. The molecule has 1 fully saturated rings. The van der Waals surface area contributed by atoms with E-state index >= 15 is 0 Å². The Morgan fingerprint density at radius 3 is 2.54 bits per heavy atom. The smallest absolute Gasteiger partial charge is 0.234 e. The van der Waals surface area contributed by atoms with E-state index in [2.05, 4.69) is 20.4 Å². The standard InChI is InChI=1S/C19H25FN4O2/c1-19(2,3)22-16(25)12-24-10-8-14(9-11-24)18-21-17(23-26-18)13-4-6-15(20)7-5-13/h4-7,14H,8-12H2,1-3H3,(H,22,25). The van der Waals surface area contributed by atoms with Crippen LogP contribution in [0.5, 0.6) is 0 Å². The third kappa shape index (κ3) is 4.88. The van der Waals surface area contributed by atoms with Crippen molar-refractivity contribution in [1.29, 1.82) is 0 Å². The van der Waals surface area contributed by atoms with Gasteiger partial charge in [-0.1, -0.05) is 5.16 Å². The summed E-state index contributed by atoms with van der Waals surface area (Å²) in [6, 6.07) is 6.04. The first-order chi connectivity index (χ1) is 12.3. The van der Waals surface area contributed by atoms with Crippen molar-refractivity contribution in [2.24, 2.45) is 0 Å². The highest BCUT2D eigenvalue weighted by Crippen LogP contribution is 2.28. The highest BCUT2D eigenvalue weighted by molar-refractivity contribution is 5.78.